The molecule has 1 aromatic heterocycles. The van der Waals surface area contributed by atoms with Crippen LogP contribution < -0.4 is 11.2 Å². The Morgan fingerprint density at radius 1 is 1.39 bits per heavy atom. The number of aromatic amines is 1. The summed E-state index contributed by atoms with van der Waals surface area (Å²) >= 11 is 0. The first kappa shape index (κ1) is 19.7. The van der Waals surface area contributed by atoms with E-state index in [1.165, 1.54) is 0 Å². The zero-order valence-corrected chi connectivity index (χ0v) is 14.9. The van der Waals surface area contributed by atoms with Crippen molar-refractivity contribution >= 4 is 21.9 Å². The fourth-order valence-corrected chi connectivity index (χ4v) is 3.49. The lowest BCUT2D eigenvalue weighted by atomic mass is 10.1. The maximum atomic E-state index is 15.2. The molecule has 1 aliphatic rings. The Balaban J connectivity index is 2.45. The highest BCUT2D eigenvalue weighted by molar-refractivity contribution is 7.60. The van der Waals surface area contributed by atoms with Crippen molar-refractivity contribution in [1.29, 1.82) is 0 Å². The SMILES string of the molecule is [2H]C([2H])(OP(=O)(O)OP(=O)(O)O)[C@@]1(F)O[C@@H](n2cc(C=O)c(=O)[nH]c2=O)[C@H](O)[C@@H]1O. The molecule has 28 heavy (non-hydrogen) atoms. The van der Waals surface area contributed by atoms with E-state index >= 15 is 4.39 Å². The summed E-state index contributed by atoms with van der Waals surface area (Å²) in [5, 5.41) is 19.9. The van der Waals surface area contributed by atoms with Gasteiger partial charge < -0.3 is 29.6 Å². The second-order valence-corrected chi connectivity index (χ2v) is 7.95. The Bertz CT molecular complexity index is 1060. The number of carbonyl (C=O) groups is 1. The highest BCUT2D eigenvalue weighted by Gasteiger charge is 2.57. The summed E-state index contributed by atoms with van der Waals surface area (Å²) in [6.45, 7) is -4.22. The lowest BCUT2D eigenvalue weighted by molar-refractivity contribution is -0.204. The lowest BCUT2D eigenvalue weighted by Crippen LogP contribution is -2.43. The third-order valence-electron chi connectivity index (χ3n) is 3.19. The molecule has 0 amide bonds. The largest absolute Gasteiger partial charge is 0.481 e. The summed E-state index contributed by atoms with van der Waals surface area (Å²) in [6, 6.07) is 0. The number of hydrogen-bond donors (Lipinski definition) is 6. The van der Waals surface area contributed by atoms with Crippen molar-refractivity contribution in [2.75, 3.05) is 6.56 Å². The molecule has 6 N–H and O–H groups in total. The molecule has 0 aromatic carbocycles. The smallest absolute Gasteiger partial charge is 0.385 e. The summed E-state index contributed by atoms with van der Waals surface area (Å²) in [5.74, 6) is -4.23. The molecule has 2 heterocycles. The predicted octanol–water partition coefficient (Wildman–Crippen LogP) is -2.51. The fraction of sp³-hybridized carbons (Fsp3) is 0.500. The minimum atomic E-state index is -6.01. The van der Waals surface area contributed by atoms with Gasteiger partial charge in [-0.2, -0.15) is 4.31 Å². The number of aromatic nitrogens is 2. The van der Waals surface area contributed by atoms with Crippen LogP contribution >= 0.6 is 15.6 Å². The van der Waals surface area contributed by atoms with E-state index in [1.54, 1.807) is 4.98 Å². The number of rotatable bonds is 7. The Kier molecular flexibility index (Phi) is 5.41. The lowest BCUT2D eigenvalue weighted by Gasteiger charge is -2.23. The molecule has 2 rings (SSSR count). The molecule has 1 fully saturated rings. The van der Waals surface area contributed by atoms with Gasteiger partial charge in [0.2, 0.25) is 0 Å². The summed E-state index contributed by atoms with van der Waals surface area (Å²) in [7, 11) is -11.7. The topological polar surface area (TPSA) is 235 Å². The maximum absolute atomic E-state index is 15.2. The van der Waals surface area contributed by atoms with Crippen molar-refractivity contribution in [3.8, 4) is 0 Å². The van der Waals surface area contributed by atoms with Gasteiger partial charge in [-0.25, -0.2) is 18.3 Å². The molecule has 1 aromatic rings. The number of carbonyl (C=O) groups excluding carboxylic acids is 1. The molecule has 1 aliphatic heterocycles. The number of aliphatic hydroxyl groups is 2. The average Bonchev–Trinajstić information content (AvgIpc) is 2.77. The molecular weight excluding hydrogens is 437 g/mol. The van der Waals surface area contributed by atoms with Gasteiger partial charge in [0.25, 0.3) is 11.4 Å². The van der Waals surface area contributed by atoms with E-state index < -0.39 is 63.3 Å². The molecule has 0 radical (unpaired) electrons. The van der Waals surface area contributed by atoms with Gasteiger partial charge in [0.1, 0.15) is 18.8 Å². The van der Waals surface area contributed by atoms with Crippen LogP contribution in [0.5, 0.6) is 0 Å². The van der Waals surface area contributed by atoms with E-state index in [1.807, 2.05) is 0 Å². The van der Waals surface area contributed by atoms with Crippen LogP contribution in [0.25, 0.3) is 0 Å². The van der Waals surface area contributed by atoms with E-state index in [4.69, 9.17) is 12.5 Å². The number of ether oxygens (including phenoxy) is 1. The number of aldehydes is 1. The fourth-order valence-electron chi connectivity index (χ4n) is 2.04. The number of H-pyrrole nitrogens is 1. The zero-order chi connectivity index (χ0) is 23.3. The van der Waals surface area contributed by atoms with E-state index in [2.05, 4.69) is 13.6 Å². The highest BCUT2D eigenvalue weighted by atomic mass is 31.3. The molecular formula is C10H13FN2O13P2. The van der Waals surface area contributed by atoms with E-state index in [0.717, 1.165) is 0 Å². The highest BCUT2D eigenvalue weighted by Crippen LogP contribution is 2.58. The number of halogens is 1. The summed E-state index contributed by atoms with van der Waals surface area (Å²) in [6.07, 6.45) is -7.24. The van der Waals surface area contributed by atoms with E-state index in [9.17, 15) is 38.6 Å². The maximum Gasteiger partial charge on any atom is 0.481 e. The Hall–Kier alpha value is -1.58. The molecule has 158 valence electrons. The van der Waals surface area contributed by atoms with Crippen LogP contribution in [0.3, 0.4) is 0 Å². The number of hydrogen-bond acceptors (Lipinski definition) is 10. The van der Waals surface area contributed by atoms with Gasteiger partial charge in [0, 0.05) is 6.20 Å². The van der Waals surface area contributed by atoms with Gasteiger partial charge in [-0.3, -0.25) is 23.7 Å². The van der Waals surface area contributed by atoms with Crippen LogP contribution in [-0.2, 0) is 22.7 Å². The molecule has 1 unspecified atom stereocenters. The number of alkyl halides is 1. The second-order valence-electron chi connectivity index (χ2n) is 5.19. The third-order valence-corrected chi connectivity index (χ3v) is 5.19. The van der Waals surface area contributed by atoms with Gasteiger partial charge in [0.05, 0.1) is 8.30 Å². The Morgan fingerprint density at radius 3 is 2.54 bits per heavy atom. The quantitative estimate of drug-likeness (QED) is 0.185. The Labute approximate surface area is 155 Å². The van der Waals surface area contributed by atoms with Crippen molar-refractivity contribution in [2.45, 2.75) is 24.3 Å². The first-order chi connectivity index (χ1) is 13.4. The third kappa shape index (κ3) is 4.87. The number of nitrogens with one attached hydrogen (secondary N) is 1. The van der Waals surface area contributed by atoms with Crippen molar-refractivity contribution in [3.63, 3.8) is 0 Å². The number of nitrogens with zero attached hydrogens (tertiary/aromatic N) is 1. The summed E-state index contributed by atoms with van der Waals surface area (Å²) in [5.41, 5.74) is -3.25. The van der Waals surface area contributed by atoms with Gasteiger partial charge in [0.15, 0.2) is 12.5 Å². The number of phosphoric acid groups is 2. The molecule has 18 heteroatoms. The molecule has 0 bridgehead atoms. The van der Waals surface area contributed by atoms with Crippen molar-refractivity contribution in [1.82, 2.24) is 9.55 Å². The molecule has 0 spiro atoms. The van der Waals surface area contributed by atoms with Crippen LogP contribution in [0, 0.1) is 0 Å². The van der Waals surface area contributed by atoms with Crippen molar-refractivity contribution in [3.05, 3.63) is 32.6 Å². The Morgan fingerprint density at radius 2 is 2.00 bits per heavy atom. The van der Waals surface area contributed by atoms with Crippen LogP contribution in [0.1, 0.15) is 19.3 Å². The first-order valence-corrected chi connectivity index (χ1v) is 9.80. The molecule has 15 nitrogen and oxygen atoms in total. The van der Waals surface area contributed by atoms with Gasteiger partial charge in [-0.15, -0.1) is 0 Å². The summed E-state index contributed by atoms with van der Waals surface area (Å²) < 4.78 is 64.0. The van der Waals surface area contributed by atoms with Crippen LogP contribution in [0.15, 0.2) is 15.8 Å². The summed E-state index contributed by atoms with van der Waals surface area (Å²) in [4.78, 5) is 62.0. The van der Waals surface area contributed by atoms with E-state index in [-0.39, 0.29) is 10.9 Å². The zero-order valence-electron chi connectivity index (χ0n) is 15.1. The second kappa shape index (κ2) is 7.68. The number of aliphatic hydroxyl groups excluding tert-OH is 2. The predicted molar refractivity (Wildman–Crippen MR) is 81.6 cm³/mol. The average molecular weight is 452 g/mol. The van der Waals surface area contributed by atoms with Gasteiger partial charge in [-0.05, 0) is 0 Å². The minimum Gasteiger partial charge on any atom is -0.385 e. The normalized spacial score (nSPS) is 31.7. The monoisotopic (exact) mass is 452 g/mol. The van der Waals surface area contributed by atoms with Crippen LogP contribution in [-0.4, -0.2) is 65.4 Å². The first-order valence-electron chi connectivity index (χ1n) is 7.78. The van der Waals surface area contributed by atoms with Crippen molar-refractivity contribution in [2.24, 2.45) is 0 Å². The molecule has 0 aliphatic carbocycles. The van der Waals surface area contributed by atoms with Crippen LogP contribution in [0.4, 0.5) is 4.39 Å². The molecule has 0 saturated carbocycles. The van der Waals surface area contributed by atoms with Gasteiger partial charge >= 0.3 is 21.3 Å². The van der Waals surface area contributed by atoms with E-state index in [0.29, 0.717) is 6.20 Å². The molecule has 1 saturated heterocycles. The number of phosphoric ester groups is 1. The van der Waals surface area contributed by atoms with Gasteiger partial charge in [-0.1, -0.05) is 0 Å². The van der Waals surface area contributed by atoms with Crippen LogP contribution in [0.2, 0.25) is 0 Å². The molecule has 5 atom stereocenters. The minimum absolute atomic E-state index is 0.0287. The standard InChI is InChI=1S/C10H13FN2O13P2/c11-10(3-24-28(22,23)26-27(19,20)21)6(16)5(15)8(25-10)13-1-4(2-14)7(17)12-9(13)18/h1-2,5-6,8,15-16H,3H2,(H,22,23)(H,12,17,18)(H2,19,20,21)/t5-,6+,8-,10-/m1/s1/i3D2. The van der Waals surface area contributed by atoms with Crippen molar-refractivity contribution < 1.29 is 59.5 Å².